The van der Waals surface area contributed by atoms with E-state index in [-0.39, 0.29) is 23.6 Å². The van der Waals surface area contributed by atoms with Gasteiger partial charge in [-0.1, -0.05) is 0 Å². The fourth-order valence-electron chi connectivity index (χ4n) is 1.06. The molecule has 6 heteroatoms. The zero-order valence-corrected chi connectivity index (χ0v) is 7.87. The Morgan fingerprint density at radius 3 is 2.80 bits per heavy atom. The Morgan fingerprint density at radius 1 is 1.67 bits per heavy atom. The fourth-order valence-corrected chi connectivity index (χ4v) is 1.06. The van der Waals surface area contributed by atoms with Crippen molar-refractivity contribution in [2.45, 2.75) is 12.8 Å². The summed E-state index contributed by atoms with van der Waals surface area (Å²) in [6.07, 6.45) is -2.94. The van der Waals surface area contributed by atoms with Crippen molar-refractivity contribution >= 4 is 0 Å². The molecule has 0 amide bonds. The number of methoxy groups -OCH3 is 1. The lowest BCUT2D eigenvalue weighted by atomic mass is 10.1. The molecule has 0 saturated heterocycles. The quantitative estimate of drug-likeness (QED) is 0.833. The minimum absolute atomic E-state index is 0.0830. The highest BCUT2D eigenvalue weighted by Crippen LogP contribution is 2.31. The molecule has 1 heterocycles. The van der Waals surface area contributed by atoms with Crippen molar-refractivity contribution in [3.8, 4) is 17.7 Å². The highest BCUT2D eigenvalue weighted by Gasteiger charge is 2.17. The number of aromatic hydroxyl groups is 1. The van der Waals surface area contributed by atoms with Gasteiger partial charge in [0.25, 0.3) is 12.3 Å². The van der Waals surface area contributed by atoms with E-state index in [9.17, 15) is 13.9 Å². The first kappa shape index (κ1) is 11.2. The van der Waals surface area contributed by atoms with Crippen molar-refractivity contribution in [3.63, 3.8) is 0 Å². The van der Waals surface area contributed by atoms with E-state index >= 15 is 0 Å². The third-order valence-corrected chi connectivity index (χ3v) is 1.75. The van der Waals surface area contributed by atoms with Crippen LogP contribution in [0.1, 0.15) is 17.7 Å². The van der Waals surface area contributed by atoms with Crippen molar-refractivity contribution in [2.75, 3.05) is 7.11 Å². The molecule has 15 heavy (non-hydrogen) atoms. The first-order chi connectivity index (χ1) is 7.10. The summed E-state index contributed by atoms with van der Waals surface area (Å²) in [5.74, 6) is -0.665. The van der Waals surface area contributed by atoms with Gasteiger partial charge >= 0.3 is 0 Å². The Kier molecular flexibility index (Phi) is 3.39. The van der Waals surface area contributed by atoms with Crippen LogP contribution in [0, 0.1) is 11.3 Å². The van der Waals surface area contributed by atoms with Crippen molar-refractivity contribution in [2.24, 2.45) is 0 Å². The Bertz CT molecular complexity index is 402. The topological polar surface area (TPSA) is 66.1 Å². The molecule has 0 atom stereocenters. The van der Waals surface area contributed by atoms with Gasteiger partial charge in [0.15, 0.2) is 5.75 Å². The Morgan fingerprint density at radius 2 is 2.33 bits per heavy atom. The van der Waals surface area contributed by atoms with Gasteiger partial charge in [-0.15, -0.1) is 0 Å². The largest absolute Gasteiger partial charge is 0.503 e. The summed E-state index contributed by atoms with van der Waals surface area (Å²) in [5, 5.41) is 17.9. The summed E-state index contributed by atoms with van der Waals surface area (Å²) >= 11 is 0. The second kappa shape index (κ2) is 4.55. The molecule has 0 aliphatic rings. The molecular formula is C9H8F2N2O2. The molecule has 1 aromatic rings. The summed E-state index contributed by atoms with van der Waals surface area (Å²) < 4.78 is 29.3. The molecule has 1 N–H and O–H groups in total. The van der Waals surface area contributed by atoms with Gasteiger partial charge in [-0.25, -0.2) is 13.8 Å². The van der Waals surface area contributed by atoms with Gasteiger partial charge in [-0.2, -0.15) is 5.26 Å². The average molecular weight is 214 g/mol. The summed E-state index contributed by atoms with van der Waals surface area (Å²) in [7, 11) is 1.20. The molecule has 4 nitrogen and oxygen atoms in total. The normalized spacial score (nSPS) is 10.1. The Labute approximate surface area is 84.7 Å². The number of ether oxygens (including phenoxy) is 1. The molecule has 0 aliphatic carbocycles. The van der Waals surface area contributed by atoms with E-state index in [2.05, 4.69) is 9.72 Å². The van der Waals surface area contributed by atoms with Crippen molar-refractivity contribution in [1.29, 1.82) is 5.26 Å². The SMILES string of the molecule is COc1nc(C(F)F)cc(CC#N)c1O. The number of rotatable bonds is 3. The predicted octanol–water partition coefficient (Wildman–Crippen LogP) is 1.80. The molecule has 0 aliphatic heterocycles. The van der Waals surface area contributed by atoms with E-state index in [0.717, 1.165) is 6.07 Å². The van der Waals surface area contributed by atoms with Gasteiger partial charge in [0.2, 0.25) is 0 Å². The maximum absolute atomic E-state index is 12.4. The van der Waals surface area contributed by atoms with Crippen LogP contribution in [0.3, 0.4) is 0 Å². The first-order valence-electron chi connectivity index (χ1n) is 4.02. The van der Waals surface area contributed by atoms with Crippen LogP contribution in [0.4, 0.5) is 8.78 Å². The maximum Gasteiger partial charge on any atom is 0.280 e. The van der Waals surface area contributed by atoms with Crippen molar-refractivity contribution < 1.29 is 18.6 Å². The van der Waals surface area contributed by atoms with Crippen molar-refractivity contribution in [3.05, 3.63) is 17.3 Å². The van der Waals surface area contributed by atoms with Crippen LogP contribution >= 0.6 is 0 Å². The molecule has 1 rings (SSSR count). The summed E-state index contributed by atoms with van der Waals surface area (Å²) in [6.45, 7) is 0. The number of pyridine rings is 1. The lowest BCUT2D eigenvalue weighted by molar-refractivity contribution is 0.144. The number of alkyl halides is 2. The van der Waals surface area contributed by atoms with Gasteiger partial charge in [0, 0.05) is 5.56 Å². The molecule has 0 fully saturated rings. The highest BCUT2D eigenvalue weighted by molar-refractivity contribution is 5.43. The number of hydrogen-bond donors (Lipinski definition) is 1. The van der Waals surface area contributed by atoms with E-state index in [4.69, 9.17) is 5.26 Å². The first-order valence-corrected chi connectivity index (χ1v) is 4.02. The molecule has 0 saturated carbocycles. The molecule has 0 unspecified atom stereocenters. The van der Waals surface area contributed by atoms with Gasteiger partial charge < -0.3 is 9.84 Å². The van der Waals surface area contributed by atoms with Crippen LogP contribution in [0.15, 0.2) is 6.07 Å². The monoisotopic (exact) mass is 214 g/mol. The highest BCUT2D eigenvalue weighted by atomic mass is 19.3. The van der Waals surface area contributed by atoms with Crippen molar-refractivity contribution in [1.82, 2.24) is 4.98 Å². The van der Waals surface area contributed by atoms with Gasteiger partial charge in [0.1, 0.15) is 5.69 Å². The molecule has 1 aromatic heterocycles. The number of nitriles is 1. The second-order valence-corrected chi connectivity index (χ2v) is 2.70. The van der Waals surface area contributed by atoms with E-state index in [1.54, 1.807) is 6.07 Å². The summed E-state index contributed by atoms with van der Waals surface area (Å²) in [4.78, 5) is 3.40. The molecule has 0 spiro atoms. The van der Waals surface area contributed by atoms with Crippen LogP contribution in [0.5, 0.6) is 11.6 Å². The lowest BCUT2D eigenvalue weighted by Gasteiger charge is -2.08. The Balaban J connectivity index is 3.26. The summed E-state index contributed by atoms with van der Waals surface area (Å²) in [6, 6.07) is 2.75. The summed E-state index contributed by atoms with van der Waals surface area (Å²) in [5.41, 5.74) is -0.436. The van der Waals surface area contributed by atoms with E-state index < -0.39 is 12.1 Å². The molecule has 0 bridgehead atoms. The van der Waals surface area contributed by atoms with E-state index in [1.807, 2.05) is 0 Å². The number of hydrogen-bond acceptors (Lipinski definition) is 4. The molecule has 0 aromatic carbocycles. The van der Waals surface area contributed by atoms with Gasteiger partial charge in [-0.05, 0) is 6.07 Å². The van der Waals surface area contributed by atoms with Crippen LogP contribution in [-0.4, -0.2) is 17.2 Å². The molecular weight excluding hydrogens is 206 g/mol. The van der Waals surface area contributed by atoms with Crippen LogP contribution in [0.25, 0.3) is 0 Å². The van der Waals surface area contributed by atoms with Gasteiger partial charge in [0.05, 0.1) is 19.6 Å². The zero-order chi connectivity index (χ0) is 11.4. The maximum atomic E-state index is 12.4. The smallest absolute Gasteiger partial charge is 0.280 e. The minimum atomic E-state index is -2.77. The van der Waals surface area contributed by atoms with Gasteiger partial charge in [-0.3, -0.25) is 0 Å². The van der Waals surface area contributed by atoms with Crippen LogP contribution in [-0.2, 0) is 6.42 Å². The predicted molar refractivity (Wildman–Crippen MR) is 46.7 cm³/mol. The zero-order valence-electron chi connectivity index (χ0n) is 7.87. The average Bonchev–Trinajstić information content (AvgIpc) is 2.21. The molecule has 0 radical (unpaired) electrons. The Hall–Kier alpha value is -1.90. The van der Waals surface area contributed by atoms with E-state index in [0.29, 0.717) is 0 Å². The lowest BCUT2D eigenvalue weighted by Crippen LogP contribution is -1.98. The third-order valence-electron chi connectivity index (χ3n) is 1.75. The number of nitrogens with zero attached hydrogens (tertiary/aromatic N) is 2. The molecule has 80 valence electrons. The third kappa shape index (κ3) is 2.31. The van der Waals surface area contributed by atoms with Crippen LogP contribution < -0.4 is 4.74 Å². The number of halogens is 2. The fraction of sp³-hybridized carbons (Fsp3) is 0.333. The second-order valence-electron chi connectivity index (χ2n) is 2.70. The van der Waals surface area contributed by atoms with E-state index in [1.165, 1.54) is 7.11 Å². The standard InChI is InChI=1S/C9H8F2N2O2/c1-15-9-7(14)5(2-3-12)4-6(13-9)8(10)11/h4,8,14H,2H2,1H3. The van der Waals surface area contributed by atoms with Crippen LogP contribution in [0.2, 0.25) is 0 Å². The number of aromatic nitrogens is 1. The minimum Gasteiger partial charge on any atom is -0.503 e.